The number of hydrogen-bond donors (Lipinski definition) is 2. The molecule has 0 atom stereocenters. The Labute approximate surface area is 150 Å². The number of rotatable bonds is 14. The lowest BCUT2D eigenvalue weighted by atomic mass is 10.1. The Morgan fingerprint density at radius 3 is 1.84 bits per heavy atom. The molecule has 0 aromatic carbocycles. The number of aldehydes is 1. The van der Waals surface area contributed by atoms with E-state index in [-0.39, 0.29) is 11.6 Å². The van der Waals surface area contributed by atoms with Crippen LogP contribution in [0.2, 0.25) is 0 Å². The van der Waals surface area contributed by atoms with Crippen LogP contribution in [-0.2, 0) is 6.54 Å². The van der Waals surface area contributed by atoms with E-state index in [1.807, 2.05) is 0 Å². The van der Waals surface area contributed by atoms with E-state index in [0.717, 1.165) is 25.3 Å². The molecule has 0 spiro atoms. The molecular formula is C20H33NO4. The first-order valence-electron chi connectivity index (χ1n) is 9.72. The molecule has 5 heteroatoms. The van der Waals surface area contributed by atoms with Gasteiger partial charge in [-0.2, -0.15) is 0 Å². The number of aromatic hydroxyl groups is 2. The maximum atomic E-state index is 11.4. The Kier molecular flexibility index (Phi) is 10.7. The van der Waals surface area contributed by atoms with Crippen LogP contribution in [0, 0.1) is 0 Å². The molecule has 2 N–H and O–H groups in total. The number of hydrogen-bond acceptors (Lipinski definition) is 4. The highest BCUT2D eigenvalue weighted by Crippen LogP contribution is 2.18. The van der Waals surface area contributed by atoms with Gasteiger partial charge >= 0.3 is 0 Å². The van der Waals surface area contributed by atoms with Gasteiger partial charge < -0.3 is 14.8 Å². The van der Waals surface area contributed by atoms with Gasteiger partial charge in [0.05, 0.1) is 0 Å². The summed E-state index contributed by atoms with van der Waals surface area (Å²) in [6.07, 6.45) is 15.2. The number of pyridine rings is 1. The summed E-state index contributed by atoms with van der Waals surface area (Å²) in [5.41, 5.74) is -0.876. The van der Waals surface area contributed by atoms with E-state index >= 15 is 0 Å². The first-order valence-corrected chi connectivity index (χ1v) is 9.72. The van der Waals surface area contributed by atoms with Crippen LogP contribution >= 0.6 is 0 Å². The molecule has 5 nitrogen and oxygen atoms in total. The minimum atomic E-state index is -0.731. The molecule has 142 valence electrons. The van der Waals surface area contributed by atoms with Crippen LogP contribution in [0.15, 0.2) is 10.9 Å². The van der Waals surface area contributed by atoms with Crippen LogP contribution in [-0.4, -0.2) is 21.1 Å². The quantitative estimate of drug-likeness (QED) is 0.374. The fourth-order valence-corrected chi connectivity index (χ4v) is 3.11. The third kappa shape index (κ3) is 7.76. The highest BCUT2D eigenvalue weighted by atomic mass is 16.3. The van der Waals surface area contributed by atoms with Crippen LogP contribution < -0.4 is 5.43 Å². The van der Waals surface area contributed by atoms with Crippen molar-refractivity contribution in [2.24, 2.45) is 0 Å². The molecule has 1 aromatic rings. The molecule has 0 aliphatic heterocycles. The van der Waals surface area contributed by atoms with Crippen LogP contribution in [0.25, 0.3) is 0 Å². The lowest BCUT2D eigenvalue weighted by Crippen LogP contribution is -2.13. The van der Waals surface area contributed by atoms with Crippen LogP contribution in [0.1, 0.15) is 94.5 Å². The number of nitrogens with zero attached hydrogens (tertiary/aromatic N) is 1. The summed E-state index contributed by atoms with van der Waals surface area (Å²) in [5, 5.41) is 19.4. The van der Waals surface area contributed by atoms with Crippen LogP contribution in [0.5, 0.6) is 11.6 Å². The highest BCUT2D eigenvalue weighted by molar-refractivity contribution is 5.76. The van der Waals surface area contributed by atoms with Crippen molar-refractivity contribution in [3.05, 3.63) is 22.0 Å². The maximum Gasteiger partial charge on any atom is 0.227 e. The lowest BCUT2D eigenvalue weighted by Gasteiger charge is -2.12. The molecule has 1 aromatic heterocycles. The van der Waals surface area contributed by atoms with Gasteiger partial charge in [-0.1, -0.05) is 77.6 Å². The number of carbonyl (C=O) groups is 1. The zero-order chi connectivity index (χ0) is 18.5. The Hall–Kier alpha value is -1.78. The van der Waals surface area contributed by atoms with Gasteiger partial charge in [0.2, 0.25) is 5.43 Å². The van der Waals surface area contributed by atoms with E-state index in [1.165, 1.54) is 62.4 Å². The summed E-state index contributed by atoms with van der Waals surface area (Å²) in [4.78, 5) is 22.4. The molecule has 0 aliphatic carbocycles. The first-order chi connectivity index (χ1) is 12.1. The molecular weight excluding hydrogens is 318 g/mol. The van der Waals surface area contributed by atoms with Crippen molar-refractivity contribution >= 4 is 6.29 Å². The van der Waals surface area contributed by atoms with E-state index < -0.39 is 11.2 Å². The SMILES string of the molecule is CCCCCCCCCCCCCCn1c(O)cc(=O)c(O)c1C=O. The highest BCUT2D eigenvalue weighted by Gasteiger charge is 2.13. The van der Waals surface area contributed by atoms with E-state index in [9.17, 15) is 19.8 Å². The van der Waals surface area contributed by atoms with E-state index in [1.54, 1.807) is 0 Å². The van der Waals surface area contributed by atoms with Gasteiger partial charge in [-0.05, 0) is 6.42 Å². The molecule has 1 rings (SSSR count). The predicted octanol–water partition coefficient (Wildman–Crippen LogP) is 4.77. The topological polar surface area (TPSA) is 79.5 Å². The second-order valence-corrected chi connectivity index (χ2v) is 6.76. The number of unbranched alkanes of at least 4 members (excludes halogenated alkanes) is 11. The zero-order valence-electron chi connectivity index (χ0n) is 15.5. The van der Waals surface area contributed by atoms with E-state index in [0.29, 0.717) is 12.8 Å². The van der Waals surface area contributed by atoms with Gasteiger partial charge in [0.15, 0.2) is 17.9 Å². The molecule has 25 heavy (non-hydrogen) atoms. The second-order valence-electron chi connectivity index (χ2n) is 6.76. The van der Waals surface area contributed by atoms with Gasteiger partial charge in [0.25, 0.3) is 0 Å². The largest absolute Gasteiger partial charge is 0.503 e. The van der Waals surface area contributed by atoms with Crippen LogP contribution in [0.4, 0.5) is 0 Å². The monoisotopic (exact) mass is 351 g/mol. The van der Waals surface area contributed by atoms with Crippen molar-refractivity contribution < 1.29 is 15.0 Å². The van der Waals surface area contributed by atoms with Gasteiger partial charge in [0.1, 0.15) is 5.69 Å². The van der Waals surface area contributed by atoms with Crippen molar-refractivity contribution in [2.45, 2.75) is 90.5 Å². The molecule has 1 heterocycles. The maximum absolute atomic E-state index is 11.4. The molecule has 0 radical (unpaired) electrons. The minimum absolute atomic E-state index is 0.145. The molecule has 0 aliphatic rings. The Balaban J connectivity index is 2.16. The summed E-state index contributed by atoms with van der Waals surface area (Å²) in [6, 6.07) is 0.947. The van der Waals surface area contributed by atoms with Crippen molar-refractivity contribution in [1.82, 2.24) is 4.57 Å². The van der Waals surface area contributed by atoms with Gasteiger partial charge in [-0.25, -0.2) is 0 Å². The molecule has 0 unspecified atom stereocenters. The third-order valence-corrected chi connectivity index (χ3v) is 4.65. The van der Waals surface area contributed by atoms with Crippen molar-refractivity contribution in [2.75, 3.05) is 0 Å². The lowest BCUT2D eigenvalue weighted by molar-refractivity contribution is 0.110. The number of carbonyl (C=O) groups excluding carboxylic acids is 1. The summed E-state index contributed by atoms with van der Waals surface area (Å²) >= 11 is 0. The molecule has 0 bridgehead atoms. The summed E-state index contributed by atoms with van der Waals surface area (Å²) in [5.74, 6) is -0.861. The molecule has 0 amide bonds. The van der Waals surface area contributed by atoms with Gasteiger partial charge in [0, 0.05) is 12.6 Å². The molecule has 0 saturated carbocycles. The van der Waals surface area contributed by atoms with Gasteiger partial charge in [-0.15, -0.1) is 0 Å². The summed E-state index contributed by atoms with van der Waals surface area (Å²) in [6.45, 7) is 2.66. The zero-order valence-corrected chi connectivity index (χ0v) is 15.5. The van der Waals surface area contributed by atoms with E-state index in [2.05, 4.69) is 6.92 Å². The van der Waals surface area contributed by atoms with Crippen molar-refractivity contribution in [3.8, 4) is 11.6 Å². The Morgan fingerprint density at radius 1 is 0.880 bits per heavy atom. The standard InChI is InChI=1S/C20H33NO4/c1-2-3-4-5-6-7-8-9-10-11-12-13-14-21-17(16-22)20(25)18(23)15-19(21)24/h15-16,24-25H,2-14H2,1H3. The van der Waals surface area contributed by atoms with Crippen molar-refractivity contribution in [3.63, 3.8) is 0 Å². The smallest absolute Gasteiger partial charge is 0.227 e. The minimum Gasteiger partial charge on any atom is -0.503 e. The Bertz CT molecular complexity index is 566. The summed E-state index contributed by atoms with van der Waals surface area (Å²) < 4.78 is 1.31. The fraction of sp³-hybridized carbons (Fsp3) is 0.700. The molecule has 0 fully saturated rings. The van der Waals surface area contributed by atoms with Crippen LogP contribution in [0.3, 0.4) is 0 Å². The van der Waals surface area contributed by atoms with E-state index in [4.69, 9.17) is 0 Å². The normalized spacial score (nSPS) is 10.9. The number of aromatic nitrogens is 1. The Morgan fingerprint density at radius 2 is 1.36 bits per heavy atom. The predicted molar refractivity (Wildman–Crippen MR) is 100 cm³/mol. The molecule has 0 saturated heterocycles. The average Bonchev–Trinajstić information content (AvgIpc) is 2.60. The average molecular weight is 351 g/mol. The second kappa shape index (κ2) is 12.6. The first kappa shape index (κ1) is 21.3. The fourth-order valence-electron chi connectivity index (χ4n) is 3.11. The van der Waals surface area contributed by atoms with Gasteiger partial charge in [-0.3, -0.25) is 9.59 Å². The van der Waals surface area contributed by atoms with Crippen molar-refractivity contribution in [1.29, 1.82) is 0 Å². The summed E-state index contributed by atoms with van der Waals surface area (Å²) in [7, 11) is 0. The third-order valence-electron chi connectivity index (χ3n) is 4.65.